The Morgan fingerprint density at radius 2 is 2.31 bits per heavy atom. The van der Waals surface area contributed by atoms with Gasteiger partial charge in [-0.3, -0.25) is 0 Å². The van der Waals surface area contributed by atoms with Crippen LogP contribution in [0.25, 0.3) is 0 Å². The summed E-state index contributed by atoms with van der Waals surface area (Å²) in [5.74, 6) is 0. The Kier molecular flexibility index (Phi) is 1.42. The number of sulfone groups is 1. The first kappa shape index (κ1) is 7.94. The molecule has 0 spiro atoms. The van der Waals surface area contributed by atoms with Gasteiger partial charge in [0.25, 0.3) is 0 Å². The minimum atomic E-state index is -2.84. The van der Waals surface area contributed by atoms with Crippen LogP contribution < -0.4 is 0 Å². The van der Waals surface area contributed by atoms with Gasteiger partial charge in [-0.2, -0.15) is 0 Å². The fourth-order valence-corrected chi connectivity index (χ4v) is 5.93. The maximum absolute atomic E-state index is 11.8. The van der Waals surface area contributed by atoms with Crippen molar-refractivity contribution in [2.45, 2.75) is 29.8 Å². The average Bonchev–Trinajstić information content (AvgIpc) is 2.55. The Morgan fingerprint density at radius 1 is 1.46 bits per heavy atom. The fourth-order valence-electron chi connectivity index (χ4n) is 2.31. The summed E-state index contributed by atoms with van der Waals surface area (Å²) in [7, 11) is -2.84. The Balaban J connectivity index is 2.26. The van der Waals surface area contributed by atoms with Crippen molar-refractivity contribution in [3.63, 3.8) is 0 Å². The highest BCUT2D eigenvalue weighted by molar-refractivity contribution is 7.92. The quantitative estimate of drug-likeness (QED) is 0.655. The molecular formula is C8H9NO2S2. The van der Waals surface area contributed by atoms with Crippen molar-refractivity contribution in [3.8, 4) is 0 Å². The summed E-state index contributed by atoms with van der Waals surface area (Å²) >= 11 is 1.50. The number of hydrogen-bond acceptors (Lipinski definition) is 4. The van der Waals surface area contributed by atoms with E-state index in [2.05, 4.69) is 4.98 Å². The lowest BCUT2D eigenvalue weighted by molar-refractivity contribution is 0.577. The predicted octanol–water partition coefficient (Wildman–Crippen LogP) is 1.32. The molecule has 1 aromatic heterocycles. The number of rotatable bonds is 0. The molecule has 0 amide bonds. The van der Waals surface area contributed by atoms with Crippen molar-refractivity contribution in [3.05, 3.63) is 16.1 Å². The summed E-state index contributed by atoms with van der Waals surface area (Å²) < 4.78 is 23.6. The van der Waals surface area contributed by atoms with Gasteiger partial charge in [0, 0.05) is 11.3 Å². The van der Waals surface area contributed by atoms with E-state index in [9.17, 15) is 8.42 Å². The van der Waals surface area contributed by atoms with Crippen LogP contribution in [0.4, 0.5) is 0 Å². The molecule has 2 unspecified atom stereocenters. The molecule has 0 radical (unpaired) electrons. The van der Waals surface area contributed by atoms with Crippen LogP contribution in [0.2, 0.25) is 0 Å². The van der Waals surface area contributed by atoms with Gasteiger partial charge in [0.1, 0.15) is 0 Å². The van der Waals surface area contributed by atoms with Crippen molar-refractivity contribution in [2.75, 3.05) is 0 Å². The van der Waals surface area contributed by atoms with Crippen molar-refractivity contribution >= 4 is 21.2 Å². The van der Waals surface area contributed by atoms with E-state index in [0.717, 1.165) is 23.4 Å². The summed E-state index contributed by atoms with van der Waals surface area (Å²) in [5, 5.41) is -0.346. The second-order valence-electron chi connectivity index (χ2n) is 3.64. The Bertz CT molecular complexity index is 448. The van der Waals surface area contributed by atoms with Gasteiger partial charge in [-0.15, -0.1) is 11.3 Å². The molecule has 13 heavy (non-hydrogen) atoms. The van der Waals surface area contributed by atoms with E-state index in [1.54, 1.807) is 5.51 Å². The number of fused-ring (bicyclic) bond motifs is 4. The maximum Gasteiger partial charge on any atom is 0.161 e. The molecule has 5 heteroatoms. The first-order chi connectivity index (χ1) is 6.19. The fraction of sp³-hybridized carbons (Fsp3) is 0.625. The zero-order valence-electron chi connectivity index (χ0n) is 6.93. The topological polar surface area (TPSA) is 47.0 Å². The van der Waals surface area contributed by atoms with Crippen LogP contribution in [0.1, 0.15) is 28.7 Å². The van der Waals surface area contributed by atoms with Crippen LogP contribution in [0, 0.1) is 0 Å². The van der Waals surface area contributed by atoms with Crippen LogP contribution in [-0.4, -0.2) is 18.7 Å². The Labute approximate surface area is 80.7 Å². The molecule has 0 aliphatic carbocycles. The lowest BCUT2D eigenvalue weighted by atomic mass is 10.2. The molecule has 3 heterocycles. The minimum absolute atomic E-state index is 0.132. The van der Waals surface area contributed by atoms with E-state index in [0.29, 0.717) is 6.42 Å². The second-order valence-corrected chi connectivity index (χ2v) is 6.94. The van der Waals surface area contributed by atoms with E-state index in [4.69, 9.17) is 0 Å². The van der Waals surface area contributed by atoms with Gasteiger partial charge in [0.05, 0.1) is 21.7 Å². The van der Waals surface area contributed by atoms with Gasteiger partial charge in [-0.05, 0) is 12.8 Å². The predicted molar refractivity (Wildman–Crippen MR) is 50.5 cm³/mol. The lowest BCUT2D eigenvalue weighted by Gasteiger charge is -2.18. The molecule has 3 rings (SSSR count). The summed E-state index contributed by atoms with van der Waals surface area (Å²) in [6.45, 7) is 0. The summed E-state index contributed by atoms with van der Waals surface area (Å²) in [6, 6.07) is 0. The van der Waals surface area contributed by atoms with Crippen LogP contribution in [0.3, 0.4) is 0 Å². The average molecular weight is 215 g/mol. The first-order valence-corrected chi connectivity index (χ1v) is 6.83. The number of nitrogens with zero attached hydrogens (tertiary/aromatic N) is 1. The number of thiazole rings is 1. The molecule has 3 nitrogen and oxygen atoms in total. The van der Waals surface area contributed by atoms with Gasteiger partial charge < -0.3 is 0 Å². The van der Waals surface area contributed by atoms with E-state index >= 15 is 0 Å². The highest BCUT2D eigenvalue weighted by atomic mass is 32.2. The Morgan fingerprint density at radius 3 is 3.15 bits per heavy atom. The van der Waals surface area contributed by atoms with Crippen molar-refractivity contribution in [1.82, 2.24) is 4.98 Å². The molecule has 0 saturated carbocycles. The molecule has 1 saturated heterocycles. The maximum atomic E-state index is 11.8. The highest BCUT2D eigenvalue weighted by Crippen LogP contribution is 2.47. The third kappa shape index (κ3) is 0.889. The zero-order chi connectivity index (χ0) is 9.05. The minimum Gasteiger partial charge on any atom is -0.249 e. The van der Waals surface area contributed by atoms with E-state index in [-0.39, 0.29) is 10.5 Å². The van der Waals surface area contributed by atoms with E-state index in [1.165, 1.54) is 11.3 Å². The number of hydrogen-bond donors (Lipinski definition) is 0. The molecule has 0 aromatic carbocycles. The first-order valence-electron chi connectivity index (χ1n) is 4.34. The molecule has 1 aromatic rings. The SMILES string of the molecule is O=S1(=O)C2CCC1c1scnc1C2. The van der Waals surface area contributed by atoms with Crippen molar-refractivity contribution in [1.29, 1.82) is 0 Å². The Hall–Kier alpha value is -0.420. The summed E-state index contributed by atoms with van der Waals surface area (Å²) in [4.78, 5) is 5.23. The molecule has 2 aliphatic rings. The molecule has 70 valence electrons. The molecule has 2 aliphatic heterocycles. The monoisotopic (exact) mass is 215 g/mol. The largest absolute Gasteiger partial charge is 0.249 e. The molecule has 2 atom stereocenters. The van der Waals surface area contributed by atoms with Crippen LogP contribution in [0.15, 0.2) is 5.51 Å². The highest BCUT2D eigenvalue weighted by Gasteiger charge is 2.47. The van der Waals surface area contributed by atoms with Crippen molar-refractivity contribution in [2.24, 2.45) is 0 Å². The zero-order valence-corrected chi connectivity index (χ0v) is 8.57. The summed E-state index contributed by atoms with van der Waals surface area (Å²) in [6.07, 6.45) is 2.29. The molecule has 2 bridgehead atoms. The molecule has 0 N–H and O–H groups in total. The van der Waals surface area contributed by atoms with Crippen LogP contribution in [0.5, 0.6) is 0 Å². The van der Waals surface area contributed by atoms with E-state index < -0.39 is 9.84 Å². The standard InChI is InChI=1S/C8H9NO2S2/c10-13(11)5-1-2-7(13)8-6(3-5)9-4-12-8/h4-5,7H,1-3H2. The van der Waals surface area contributed by atoms with Gasteiger partial charge in [0.15, 0.2) is 9.84 Å². The third-order valence-corrected chi connectivity index (χ3v) is 6.73. The van der Waals surface area contributed by atoms with Crippen molar-refractivity contribution < 1.29 is 8.42 Å². The van der Waals surface area contributed by atoms with E-state index in [1.807, 2.05) is 0 Å². The molecular weight excluding hydrogens is 206 g/mol. The van der Waals surface area contributed by atoms with Crippen LogP contribution in [-0.2, 0) is 16.3 Å². The summed E-state index contributed by atoms with van der Waals surface area (Å²) in [5.41, 5.74) is 2.80. The molecule has 1 fully saturated rings. The smallest absolute Gasteiger partial charge is 0.161 e. The lowest BCUT2D eigenvalue weighted by Crippen LogP contribution is -2.25. The van der Waals surface area contributed by atoms with Crippen LogP contribution >= 0.6 is 11.3 Å². The third-order valence-electron chi connectivity index (χ3n) is 3.00. The second kappa shape index (κ2) is 2.33. The van der Waals surface area contributed by atoms with Gasteiger partial charge in [-0.25, -0.2) is 13.4 Å². The van der Waals surface area contributed by atoms with Gasteiger partial charge in [-0.1, -0.05) is 0 Å². The van der Waals surface area contributed by atoms with Gasteiger partial charge >= 0.3 is 0 Å². The number of aromatic nitrogens is 1. The van der Waals surface area contributed by atoms with Gasteiger partial charge in [0.2, 0.25) is 0 Å². The normalized spacial score (nSPS) is 34.5.